The lowest BCUT2D eigenvalue weighted by Crippen LogP contribution is -2.32. The number of hydrogen-bond donors (Lipinski definition) is 0. The molecule has 0 N–H and O–H groups in total. The first-order valence-corrected chi connectivity index (χ1v) is 5.48. The van der Waals surface area contributed by atoms with Crippen molar-refractivity contribution in [2.45, 2.75) is 51.6 Å². The van der Waals surface area contributed by atoms with E-state index in [9.17, 15) is 0 Å². The van der Waals surface area contributed by atoms with Crippen molar-refractivity contribution in [1.82, 2.24) is 0 Å². The van der Waals surface area contributed by atoms with Gasteiger partial charge in [-0.2, -0.15) is 0 Å². The number of ether oxygens (including phenoxy) is 1. The SMILES string of the molecule is C[C@@H]1CO[C@@H]2CCCCC[C@H]2C1. The van der Waals surface area contributed by atoms with Crippen LogP contribution in [0.4, 0.5) is 0 Å². The molecule has 70 valence electrons. The molecular weight excluding hydrogens is 148 g/mol. The molecule has 0 amide bonds. The Morgan fingerprint density at radius 1 is 1.08 bits per heavy atom. The highest BCUT2D eigenvalue weighted by Crippen LogP contribution is 2.34. The van der Waals surface area contributed by atoms with Gasteiger partial charge in [-0.1, -0.05) is 26.2 Å². The van der Waals surface area contributed by atoms with Crippen LogP contribution in [-0.4, -0.2) is 12.7 Å². The summed E-state index contributed by atoms with van der Waals surface area (Å²) in [6.45, 7) is 3.34. The maximum Gasteiger partial charge on any atom is 0.0603 e. The predicted molar refractivity (Wildman–Crippen MR) is 50.1 cm³/mol. The van der Waals surface area contributed by atoms with Crippen LogP contribution in [0, 0.1) is 11.8 Å². The van der Waals surface area contributed by atoms with E-state index in [4.69, 9.17) is 4.74 Å². The van der Waals surface area contributed by atoms with E-state index in [1.807, 2.05) is 0 Å². The molecule has 1 saturated heterocycles. The first-order chi connectivity index (χ1) is 5.86. The van der Waals surface area contributed by atoms with Crippen molar-refractivity contribution >= 4 is 0 Å². The molecular formula is C11H20O. The molecule has 3 atom stereocenters. The largest absolute Gasteiger partial charge is 0.378 e. The number of fused-ring (bicyclic) bond motifs is 1. The van der Waals surface area contributed by atoms with Gasteiger partial charge in [0.25, 0.3) is 0 Å². The molecule has 1 saturated carbocycles. The van der Waals surface area contributed by atoms with Gasteiger partial charge in [-0.05, 0) is 31.1 Å². The summed E-state index contributed by atoms with van der Waals surface area (Å²) in [7, 11) is 0. The van der Waals surface area contributed by atoms with Crippen LogP contribution in [0.2, 0.25) is 0 Å². The molecule has 0 radical (unpaired) electrons. The Labute approximate surface area is 75.5 Å². The van der Waals surface area contributed by atoms with Crippen LogP contribution >= 0.6 is 0 Å². The molecule has 0 aromatic rings. The molecule has 1 heterocycles. The van der Waals surface area contributed by atoms with E-state index >= 15 is 0 Å². The third-order valence-corrected chi connectivity index (χ3v) is 3.39. The van der Waals surface area contributed by atoms with Gasteiger partial charge in [-0.15, -0.1) is 0 Å². The minimum atomic E-state index is 0.628. The van der Waals surface area contributed by atoms with Crippen LogP contribution in [0.5, 0.6) is 0 Å². The maximum absolute atomic E-state index is 5.87. The third kappa shape index (κ3) is 1.82. The van der Waals surface area contributed by atoms with E-state index < -0.39 is 0 Å². The predicted octanol–water partition coefficient (Wildman–Crippen LogP) is 2.99. The van der Waals surface area contributed by atoms with Gasteiger partial charge in [0.2, 0.25) is 0 Å². The molecule has 0 aromatic heterocycles. The first kappa shape index (κ1) is 8.55. The average molecular weight is 168 g/mol. The summed E-state index contributed by atoms with van der Waals surface area (Å²) in [5.41, 5.74) is 0. The van der Waals surface area contributed by atoms with Gasteiger partial charge in [-0.25, -0.2) is 0 Å². The van der Waals surface area contributed by atoms with Crippen molar-refractivity contribution in [3.05, 3.63) is 0 Å². The van der Waals surface area contributed by atoms with Crippen molar-refractivity contribution in [2.75, 3.05) is 6.61 Å². The van der Waals surface area contributed by atoms with E-state index in [1.54, 1.807) is 0 Å². The fourth-order valence-electron chi connectivity index (χ4n) is 2.71. The average Bonchev–Trinajstić information content (AvgIpc) is 2.28. The van der Waals surface area contributed by atoms with Crippen LogP contribution in [0.15, 0.2) is 0 Å². The standard InChI is InChI=1S/C11H20O/c1-9-7-10-5-3-2-4-6-11(10)12-8-9/h9-11H,2-8H2,1H3/t9-,10-,11+/m0/s1. The van der Waals surface area contributed by atoms with Crippen LogP contribution in [0.3, 0.4) is 0 Å². The fraction of sp³-hybridized carbons (Fsp3) is 1.00. The van der Waals surface area contributed by atoms with Crippen LogP contribution in [0.25, 0.3) is 0 Å². The summed E-state index contributed by atoms with van der Waals surface area (Å²) >= 11 is 0. The first-order valence-electron chi connectivity index (χ1n) is 5.48. The lowest BCUT2D eigenvalue weighted by molar-refractivity contribution is -0.0544. The van der Waals surface area contributed by atoms with Crippen LogP contribution in [-0.2, 0) is 4.74 Å². The van der Waals surface area contributed by atoms with Gasteiger partial charge in [0.1, 0.15) is 0 Å². The third-order valence-electron chi connectivity index (χ3n) is 3.39. The zero-order valence-electron chi connectivity index (χ0n) is 8.09. The van der Waals surface area contributed by atoms with Gasteiger partial charge in [0.15, 0.2) is 0 Å². The van der Waals surface area contributed by atoms with Gasteiger partial charge < -0.3 is 4.74 Å². The molecule has 0 spiro atoms. The summed E-state index contributed by atoms with van der Waals surface area (Å²) in [5.74, 6) is 1.71. The van der Waals surface area contributed by atoms with Crippen molar-refractivity contribution < 1.29 is 4.74 Å². The molecule has 0 aromatic carbocycles. The molecule has 0 bridgehead atoms. The van der Waals surface area contributed by atoms with Crippen molar-refractivity contribution in [2.24, 2.45) is 11.8 Å². The minimum absolute atomic E-state index is 0.628. The van der Waals surface area contributed by atoms with E-state index in [0.717, 1.165) is 18.4 Å². The Balaban J connectivity index is 1.94. The smallest absolute Gasteiger partial charge is 0.0603 e. The van der Waals surface area contributed by atoms with Gasteiger partial charge in [-0.3, -0.25) is 0 Å². The van der Waals surface area contributed by atoms with Gasteiger partial charge >= 0.3 is 0 Å². The monoisotopic (exact) mass is 168 g/mol. The summed E-state index contributed by atoms with van der Waals surface area (Å²) in [6, 6.07) is 0. The van der Waals surface area contributed by atoms with Gasteiger partial charge in [0.05, 0.1) is 6.10 Å². The zero-order chi connectivity index (χ0) is 8.39. The van der Waals surface area contributed by atoms with E-state index in [1.165, 1.54) is 38.5 Å². The zero-order valence-corrected chi connectivity index (χ0v) is 8.09. The molecule has 12 heavy (non-hydrogen) atoms. The van der Waals surface area contributed by atoms with Crippen molar-refractivity contribution in [1.29, 1.82) is 0 Å². The summed E-state index contributed by atoms with van der Waals surface area (Å²) in [6.07, 6.45) is 9.08. The normalized spacial score (nSPS) is 43.2. The maximum atomic E-state index is 5.87. The summed E-state index contributed by atoms with van der Waals surface area (Å²) in [4.78, 5) is 0. The number of rotatable bonds is 0. The van der Waals surface area contributed by atoms with E-state index in [-0.39, 0.29) is 0 Å². The summed E-state index contributed by atoms with van der Waals surface area (Å²) in [5, 5.41) is 0. The van der Waals surface area contributed by atoms with Crippen molar-refractivity contribution in [3.63, 3.8) is 0 Å². The second-order valence-corrected chi connectivity index (χ2v) is 4.61. The minimum Gasteiger partial charge on any atom is -0.378 e. The lowest BCUT2D eigenvalue weighted by atomic mass is 9.86. The number of hydrogen-bond acceptors (Lipinski definition) is 1. The Morgan fingerprint density at radius 2 is 1.92 bits per heavy atom. The molecule has 1 aliphatic heterocycles. The summed E-state index contributed by atoms with van der Waals surface area (Å²) < 4.78 is 5.87. The lowest BCUT2D eigenvalue weighted by Gasteiger charge is -2.33. The van der Waals surface area contributed by atoms with E-state index in [0.29, 0.717) is 6.10 Å². The Hall–Kier alpha value is -0.0400. The van der Waals surface area contributed by atoms with Crippen molar-refractivity contribution in [3.8, 4) is 0 Å². The van der Waals surface area contributed by atoms with Gasteiger partial charge in [0, 0.05) is 6.61 Å². The van der Waals surface area contributed by atoms with E-state index in [2.05, 4.69) is 6.92 Å². The van der Waals surface area contributed by atoms with Crippen LogP contribution < -0.4 is 0 Å². The highest BCUT2D eigenvalue weighted by molar-refractivity contribution is 4.79. The second kappa shape index (κ2) is 3.78. The molecule has 1 aliphatic carbocycles. The second-order valence-electron chi connectivity index (χ2n) is 4.61. The molecule has 2 aliphatic rings. The quantitative estimate of drug-likeness (QED) is 0.540. The fourth-order valence-corrected chi connectivity index (χ4v) is 2.71. The highest BCUT2D eigenvalue weighted by atomic mass is 16.5. The highest BCUT2D eigenvalue weighted by Gasteiger charge is 2.29. The molecule has 2 fully saturated rings. The Kier molecular flexibility index (Phi) is 2.69. The molecule has 1 heteroatoms. The van der Waals surface area contributed by atoms with Crippen LogP contribution in [0.1, 0.15) is 45.4 Å². The molecule has 0 unspecified atom stereocenters. The topological polar surface area (TPSA) is 9.23 Å². The Morgan fingerprint density at radius 3 is 2.83 bits per heavy atom. The molecule has 1 nitrogen and oxygen atoms in total. The molecule has 2 rings (SSSR count). The Bertz CT molecular complexity index is 144.